The minimum absolute atomic E-state index is 0.0304. The number of nitrogens with one attached hydrogen (secondary N) is 1. The van der Waals surface area contributed by atoms with Crippen LogP contribution in [-0.4, -0.2) is 19.3 Å². The summed E-state index contributed by atoms with van der Waals surface area (Å²) in [5, 5.41) is 3.80. The minimum atomic E-state index is -0.229. The third-order valence-electron chi connectivity index (χ3n) is 3.84. The Morgan fingerprint density at radius 1 is 1.45 bits per heavy atom. The van der Waals surface area contributed by atoms with E-state index in [1.807, 2.05) is 6.92 Å². The Labute approximate surface area is 125 Å². The van der Waals surface area contributed by atoms with Crippen LogP contribution in [0, 0.1) is 5.82 Å². The second-order valence-corrected chi connectivity index (χ2v) is 5.78. The van der Waals surface area contributed by atoms with Gasteiger partial charge in [0.25, 0.3) is 0 Å². The fourth-order valence-corrected chi connectivity index (χ4v) is 2.94. The van der Waals surface area contributed by atoms with E-state index < -0.39 is 0 Å². The lowest BCUT2D eigenvalue weighted by Gasteiger charge is -2.25. The van der Waals surface area contributed by atoms with E-state index in [0.717, 1.165) is 32.4 Å². The molecule has 0 saturated carbocycles. The van der Waals surface area contributed by atoms with E-state index in [-0.39, 0.29) is 11.9 Å². The van der Waals surface area contributed by atoms with Crippen LogP contribution in [-0.2, 0) is 4.74 Å². The van der Waals surface area contributed by atoms with Crippen LogP contribution < -0.4 is 5.32 Å². The zero-order valence-electron chi connectivity index (χ0n) is 12.0. The van der Waals surface area contributed by atoms with Crippen molar-refractivity contribution in [3.05, 3.63) is 34.6 Å². The highest BCUT2D eigenvalue weighted by Gasteiger charge is 2.19. The summed E-state index contributed by atoms with van der Waals surface area (Å²) < 4.78 is 19.8. The molecule has 1 N–H and O–H groups in total. The van der Waals surface area contributed by atoms with Crippen LogP contribution in [0.3, 0.4) is 0 Å². The molecule has 1 aromatic rings. The predicted octanol–water partition coefficient (Wildman–Crippen LogP) is 4.48. The summed E-state index contributed by atoms with van der Waals surface area (Å²) in [6.45, 7) is 3.72. The number of benzene rings is 1. The molecule has 1 saturated heterocycles. The van der Waals surface area contributed by atoms with Crippen LogP contribution in [0.2, 0.25) is 5.02 Å². The van der Waals surface area contributed by atoms with E-state index in [4.69, 9.17) is 16.3 Å². The molecule has 0 aliphatic carbocycles. The number of ether oxygens (including phenoxy) is 1. The van der Waals surface area contributed by atoms with Gasteiger partial charge >= 0.3 is 0 Å². The molecule has 0 amide bonds. The van der Waals surface area contributed by atoms with Gasteiger partial charge in [0.05, 0.1) is 6.10 Å². The predicted molar refractivity (Wildman–Crippen MR) is 80.7 cm³/mol. The second-order valence-electron chi connectivity index (χ2n) is 5.34. The third-order valence-corrected chi connectivity index (χ3v) is 4.07. The molecule has 2 unspecified atom stereocenters. The average molecular weight is 300 g/mol. The first-order chi connectivity index (χ1) is 9.70. The molecule has 112 valence electrons. The number of halogens is 2. The molecule has 0 radical (unpaired) electrons. The van der Waals surface area contributed by atoms with E-state index in [0.29, 0.717) is 16.7 Å². The van der Waals surface area contributed by atoms with Gasteiger partial charge in [0.15, 0.2) is 0 Å². The summed E-state index contributed by atoms with van der Waals surface area (Å²) in [5.41, 5.74) is 0.701. The fourth-order valence-electron chi connectivity index (χ4n) is 2.79. The van der Waals surface area contributed by atoms with Gasteiger partial charge in [0.2, 0.25) is 0 Å². The fraction of sp³-hybridized carbons (Fsp3) is 0.625. The Kier molecular flexibility index (Phi) is 6.27. The molecule has 1 fully saturated rings. The quantitative estimate of drug-likeness (QED) is 0.836. The summed E-state index contributed by atoms with van der Waals surface area (Å²) >= 11 is 5.82. The summed E-state index contributed by atoms with van der Waals surface area (Å²) in [6, 6.07) is 4.95. The van der Waals surface area contributed by atoms with Gasteiger partial charge in [0, 0.05) is 23.2 Å². The first-order valence-electron chi connectivity index (χ1n) is 7.50. The Hall–Kier alpha value is -0.640. The van der Waals surface area contributed by atoms with Crippen LogP contribution in [0.15, 0.2) is 18.2 Å². The molecule has 1 heterocycles. The second kappa shape index (κ2) is 7.96. The highest BCUT2D eigenvalue weighted by molar-refractivity contribution is 6.30. The van der Waals surface area contributed by atoms with E-state index in [1.165, 1.54) is 18.9 Å². The van der Waals surface area contributed by atoms with Crippen molar-refractivity contribution in [1.29, 1.82) is 0 Å². The molecule has 4 heteroatoms. The van der Waals surface area contributed by atoms with Gasteiger partial charge < -0.3 is 10.1 Å². The highest BCUT2D eigenvalue weighted by Crippen LogP contribution is 2.27. The number of rotatable bonds is 6. The Morgan fingerprint density at radius 2 is 2.30 bits per heavy atom. The van der Waals surface area contributed by atoms with Crippen LogP contribution in [0.5, 0.6) is 0 Å². The molecule has 0 spiro atoms. The van der Waals surface area contributed by atoms with Crippen molar-refractivity contribution in [3.8, 4) is 0 Å². The molecule has 1 aliphatic heterocycles. The van der Waals surface area contributed by atoms with Crippen LogP contribution in [0.25, 0.3) is 0 Å². The third kappa shape index (κ3) is 4.44. The van der Waals surface area contributed by atoms with Crippen molar-refractivity contribution in [3.63, 3.8) is 0 Å². The van der Waals surface area contributed by atoms with Crippen molar-refractivity contribution >= 4 is 11.6 Å². The van der Waals surface area contributed by atoms with Crippen LogP contribution >= 0.6 is 11.6 Å². The largest absolute Gasteiger partial charge is 0.378 e. The van der Waals surface area contributed by atoms with Gasteiger partial charge in [-0.15, -0.1) is 0 Å². The first kappa shape index (κ1) is 15.7. The monoisotopic (exact) mass is 299 g/mol. The smallest absolute Gasteiger partial charge is 0.129 e. The maximum Gasteiger partial charge on any atom is 0.129 e. The molecule has 20 heavy (non-hydrogen) atoms. The summed E-state index contributed by atoms with van der Waals surface area (Å²) in [4.78, 5) is 0. The zero-order valence-corrected chi connectivity index (χ0v) is 12.8. The Morgan fingerprint density at radius 3 is 2.95 bits per heavy atom. The van der Waals surface area contributed by atoms with Gasteiger partial charge in [-0.3, -0.25) is 0 Å². The van der Waals surface area contributed by atoms with E-state index >= 15 is 0 Å². The number of hydrogen-bond acceptors (Lipinski definition) is 2. The van der Waals surface area contributed by atoms with Crippen molar-refractivity contribution in [2.75, 3.05) is 13.2 Å². The van der Waals surface area contributed by atoms with Crippen molar-refractivity contribution in [2.24, 2.45) is 0 Å². The normalized spacial score (nSPS) is 20.9. The molecule has 2 atom stereocenters. The minimum Gasteiger partial charge on any atom is -0.378 e. The Balaban J connectivity index is 1.98. The summed E-state index contributed by atoms with van der Waals surface area (Å²) in [7, 11) is 0. The van der Waals surface area contributed by atoms with Gasteiger partial charge in [0.1, 0.15) is 5.82 Å². The summed E-state index contributed by atoms with van der Waals surface area (Å²) in [5.74, 6) is -0.229. The lowest BCUT2D eigenvalue weighted by atomic mass is 9.97. The molecular formula is C16H23ClFNO. The average Bonchev–Trinajstić information content (AvgIpc) is 2.45. The van der Waals surface area contributed by atoms with Crippen LogP contribution in [0.4, 0.5) is 4.39 Å². The van der Waals surface area contributed by atoms with Gasteiger partial charge in [-0.2, -0.15) is 0 Å². The molecule has 1 aliphatic rings. The maximum atomic E-state index is 14.0. The first-order valence-corrected chi connectivity index (χ1v) is 7.88. The highest BCUT2D eigenvalue weighted by atomic mass is 35.5. The zero-order chi connectivity index (χ0) is 14.4. The lowest BCUT2D eigenvalue weighted by molar-refractivity contribution is 0.00851. The lowest BCUT2D eigenvalue weighted by Crippen LogP contribution is -2.25. The molecule has 2 rings (SSSR count). The van der Waals surface area contributed by atoms with Crippen molar-refractivity contribution < 1.29 is 9.13 Å². The van der Waals surface area contributed by atoms with E-state index in [2.05, 4.69) is 5.32 Å². The standard InChI is InChI=1S/C16H23ClFNO/c1-2-19-16(9-7-13-5-3-4-10-20-13)14-8-6-12(17)11-15(14)18/h6,8,11,13,16,19H,2-5,7,9-10H2,1H3. The molecular weight excluding hydrogens is 277 g/mol. The van der Waals surface area contributed by atoms with Gasteiger partial charge in [-0.25, -0.2) is 4.39 Å². The van der Waals surface area contributed by atoms with E-state index in [9.17, 15) is 4.39 Å². The molecule has 0 bridgehead atoms. The van der Waals surface area contributed by atoms with Crippen LogP contribution in [0.1, 0.15) is 50.6 Å². The van der Waals surface area contributed by atoms with Gasteiger partial charge in [-0.1, -0.05) is 24.6 Å². The van der Waals surface area contributed by atoms with Gasteiger partial charge in [-0.05, 0) is 50.8 Å². The molecule has 1 aromatic carbocycles. The van der Waals surface area contributed by atoms with Crippen molar-refractivity contribution in [1.82, 2.24) is 5.32 Å². The van der Waals surface area contributed by atoms with E-state index in [1.54, 1.807) is 12.1 Å². The Bertz CT molecular complexity index is 421. The maximum absolute atomic E-state index is 14.0. The van der Waals surface area contributed by atoms with Crippen molar-refractivity contribution in [2.45, 2.75) is 51.2 Å². The SMILES string of the molecule is CCNC(CCC1CCCCO1)c1ccc(Cl)cc1F. The molecule has 0 aromatic heterocycles. The topological polar surface area (TPSA) is 21.3 Å². The number of hydrogen-bond donors (Lipinski definition) is 1. The summed E-state index contributed by atoms with van der Waals surface area (Å²) in [6.07, 6.45) is 5.73. The molecule has 2 nitrogen and oxygen atoms in total.